The van der Waals surface area contributed by atoms with E-state index in [2.05, 4.69) is 0 Å². The van der Waals surface area contributed by atoms with Crippen molar-refractivity contribution in [3.63, 3.8) is 0 Å². The number of rotatable bonds is 2. The maximum atomic E-state index is 12.7. The molecule has 0 spiro atoms. The van der Waals surface area contributed by atoms with Crippen molar-refractivity contribution in [2.24, 2.45) is 0 Å². The highest BCUT2D eigenvalue weighted by Gasteiger charge is 2.03. The van der Waals surface area contributed by atoms with Gasteiger partial charge in [0, 0.05) is 18.6 Å². The summed E-state index contributed by atoms with van der Waals surface area (Å²) in [6.45, 7) is 0.413. The lowest BCUT2D eigenvalue weighted by molar-refractivity contribution is 0.166. The first kappa shape index (κ1) is 8.26. The van der Waals surface area contributed by atoms with Crippen LogP contribution >= 0.6 is 0 Å². The van der Waals surface area contributed by atoms with Crippen molar-refractivity contribution < 1.29 is 13.5 Å². The van der Waals surface area contributed by atoms with Crippen molar-refractivity contribution in [3.8, 4) is 0 Å². The van der Waals surface area contributed by atoms with Crippen LogP contribution in [0.15, 0.2) is 28.7 Å². The zero-order chi connectivity index (χ0) is 9.26. The third kappa shape index (κ3) is 1.55. The van der Waals surface area contributed by atoms with Gasteiger partial charge in [-0.15, -0.1) is 0 Å². The molecule has 1 aromatic carbocycles. The summed E-state index contributed by atoms with van der Waals surface area (Å²) in [5.74, 6) is 0.425. The van der Waals surface area contributed by atoms with Crippen LogP contribution in [0.4, 0.5) is 4.39 Å². The van der Waals surface area contributed by atoms with E-state index in [4.69, 9.17) is 9.15 Å². The van der Waals surface area contributed by atoms with E-state index in [9.17, 15) is 4.39 Å². The molecule has 0 bridgehead atoms. The molecule has 0 amide bonds. The number of ether oxygens (including phenoxy) is 1. The maximum absolute atomic E-state index is 12.7. The minimum absolute atomic E-state index is 0.286. The second kappa shape index (κ2) is 3.18. The minimum atomic E-state index is -0.286. The topological polar surface area (TPSA) is 22.4 Å². The molecule has 0 N–H and O–H groups in total. The van der Waals surface area contributed by atoms with Gasteiger partial charge in [0.25, 0.3) is 0 Å². The third-order valence-electron chi connectivity index (χ3n) is 1.82. The van der Waals surface area contributed by atoms with Crippen LogP contribution in [0.5, 0.6) is 0 Å². The Bertz CT molecular complexity index is 420. The Morgan fingerprint density at radius 3 is 3.00 bits per heavy atom. The molecule has 68 valence electrons. The van der Waals surface area contributed by atoms with Gasteiger partial charge in [-0.1, -0.05) is 0 Å². The van der Waals surface area contributed by atoms with Gasteiger partial charge < -0.3 is 9.15 Å². The van der Waals surface area contributed by atoms with E-state index >= 15 is 0 Å². The average molecular weight is 180 g/mol. The molecule has 0 aliphatic rings. The Morgan fingerprint density at radius 1 is 1.38 bits per heavy atom. The first-order chi connectivity index (χ1) is 6.29. The molecule has 13 heavy (non-hydrogen) atoms. The summed E-state index contributed by atoms with van der Waals surface area (Å²) in [5.41, 5.74) is 0.562. The van der Waals surface area contributed by atoms with Crippen molar-refractivity contribution in [1.29, 1.82) is 0 Å². The Balaban J connectivity index is 2.49. The molecule has 0 fully saturated rings. The fraction of sp³-hybridized carbons (Fsp3) is 0.200. The molecule has 2 aromatic rings. The highest BCUT2D eigenvalue weighted by atomic mass is 19.1. The maximum Gasteiger partial charge on any atom is 0.137 e. The Labute approximate surface area is 74.9 Å². The smallest absolute Gasteiger partial charge is 0.137 e. The van der Waals surface area contributed by atoms with Crippen molar-refractivity contribution in [2.75, 3.05) is 7.11 Å². The van der Waals surface area contributed by atoms with Gasteiger partial charge >= 0.3 is 0 Å². The molecular weight excluding hydrogens is 171 g/mol. The van der Waals surface area contributed by atoms with Crippen LogP contribution in [0.2, 0.25) is 0 Å². The fourth-order valence-electron chi connectivity index (χ4n) is 1.27. The normalized spacial score (nSPS) is 10.9. The van der Waals surface area contributed by atoms with Gasteiger partial charge in [0.1, 0.15) is 23.8 Å². The number of benzene rings is 1. The van der Waals surface area contributed by atoms with E-state index in [0.29, 0.717) is 18.0 Å². The number of fused-ring (bicyclic) bond motifs is 1. The molecule has 3 heteroatoms. The average Bonchev–Trinajstić information content (AvgIpc) is 2.46. The standard InChI is InChI=1S/C10H9FO2/c1-12-6-9-4-7-2-3-8(11)5-10(7)13-9/h2-5H,6H2,1H3. The molecule has 0 unspecified atom stereocenters. The van der Waals surface area contributed by atoms with Crippen molar-refractivity contribution >= 4 is 11.0 Å². The Morgan fingerprint density at radius 2 is 2.23 bits per heavy atom. The van der Waals surface area contributed by atoms with Crippen molar-refractivity contribution in [3.05, 3.63) is 35.8 Å². The van der Waals surface area contributed by atoms with Crippen LogP contribution < -0.4 is 0 Å². The molecule has 2 nitrogen and oxygen atoms in total. The summed E-state index contributed by atoms with van der Waals surface area (Å²) >= 11 is 0. The van der Waals surface area contributed by atoms with Crippen LogP contribution in [0.1, 0.15) is 5.76 Å². The summed E-state index contributed by atoms with van der Waals surface area (Å²) in [4.78, 5) is 0. The summed E-state index contributed by atoms with van der Waals surface area (Å²) in [6.07, 6.45) is 0. The highest BCUT2D eigenvalue weighted by molar-refractivity contribution is 5.77. The lowest BCUT2D eigenvalue weighted by Gasteiger charge is -1.90. The summed E-state index contributed by atoms with van der Waals surface area (Å²) in [7, 11) is 1.59. The lowest BCUT2D eigenvalue weighted by atomic mass is 10.2. The fourth-order valence-corrected chi connectivity index (χ4v) is 1.27. The van der Waals surface area contributed by atoms with Gasteiger partial charge in [-0.25, -0.2) is 4.39 Å². The van der Waals surface area contributed by atoms with E-state index in [1.807, 2.05) is 6.07 Å². The molecule has 1 heterocycles. The zero-order valence-electron chi connectivity index (χ0n) is 7.21. The Kier molecular flexibility index (Phi) is 2.02. The van der Waals surface area contributed by atoms with Crippen LogP contribution in [0.25, 0.3) is 11.0 Å². The number of hydrogen-bond donors (Lipinski definition) is 0. The Hall–Kier alpha value is -1.35. The van der Waals surface area contributed by atoms with Gasteiger partial charge in [-0.05, 0) is 18.2 Å². The van der Waals surface area contributed by atoms with E-state index in [1.165, 1.54) is 12.1 Å². The molecular formula is C10H9FO2. The summed E-state index contributed by atoms with van der Waals surface area (Å²) in [5, 5.41) is 0.897. The molecule has 0 saturated heterocycles. The SMILES string of the molecule is COCc1cc2ccc(F)cc2o1. The third-order valence-corrected chi connectivity index (χ3v) is 1.82. The highest BCUT2D eigenvalue weighted by Crippen LogP contribution is 2.20. The molecule has 1 aromatic heterocycles. The van der Waals surface area contributed by atoms with Gasteiger partial charge in [0.15, 0.2) is 0 Å². The lowest BCUT2D eigenvalue weighted by Crippen LogP contribution is -1.81. The van der Waals surface area contributed by atoms with Crippen LogP contribution in [0, 0.1) is 5.82 Å². The molecule has 0 aliphatic heterocycles. The predicted molar refractivity (Wildman–Crippen MR) is 46.9 cm³/mol. The predicted octanol–water partition coefficient (Wildman–Crippen LogP) is 2.72. The quantitative estimate of drug-likeness (QED) is 0.709. The molecule has 2 rings (SSSR count). The van der Waals surface area contributed by atoms with E-state index in [-0.39, 0.29) is 5.82 Å². The molecule has 0 saturated carbocycles. The number of methoxy groups -OCH3 is 1. The molecule has 0 atom stereocenters. The second-order valence-corrected chi connectivity index (χ2v) is 2.83. The van der Waals surface area contributed by atoms with Gasteiger partial charge in [-0.3, -0.25) is 0 Å². The van der Waals surface area contributed by atoms with E-state index in [0.717, 1.165) is 5.39 Å². The van der Waals surface area contributed by atoms with Gasteiger partial charge in [0.05, 0.1) is 0 Å². The van der Waals surface area contributed by atoms with Crippen molar-refractivity contribution in [2.45, 2.75) is 6.61 Å². The van der Waals surface area contributed by atoms with Gasteiger partial charge in [-0.2, -0.15) is 0 Å². The van der Waals surface area contributed by atoms with Crippen LogP contribution in [-0.4, -0.2) is 7.11 Å². The summed E-state index contributed by atoms with van der Waals surface area (Å²) in [6, 6.07) is 6.31. The first-order valence-electron chi connectivity index (χ1n) is 3.96. The minimum Gasteiger partial charge on any atom is -0.459 e. The van der Waals surface area contributed by atoms with E-state index in [1.54, 1.807) is 13.2 Å². The largest absolute Gasteiger partial charge is 0.459 e. The van der Waals surface area contributed by atoms with Crippen molar-refractivity contribution in [1.82, 2.24) is 0 Å². The number of furan rings is 1. The van der Waals surface area contributed by atoms with Crippen LogP contribution in [-0.2, 0) is 11.3 Å². The first-order valence-corrected chi connectivity index (χ1v) is 3.96. The summed E-state index contributed by atoms with van der Waals surface area (Å²) < 4.78 is 23.0. The van der Waals surface area contributed by atoms with Gasteiger partial charge in [0.2, 0.25) is 0 Å². The van der Waals surface area contributed by atoms with E-state index < -0.39 is 0 Å². The van der Waals surface area contributed by atoms with Crippen LogP contribution in [0.3, 0.4) is 0 Å². The second-order valence-electron chi connectivity index (χ2n) is 2.83. The number of hydrogen-bond acceptors (Lipinski definition) is 2. The molecule has 0 radical (unpaired) electrons. The monoisotopic (exact) mass is 180 g/mol. The number of halogens is 1. The molecule has 0 aliphatic carbocycles. The zero-order valence-corrected chi connectivity index (χ0v) is 7.21.